The van der Waals surface area contributed by atoms with Crippen LogP contribution in [0.15, 0.2) is 83.9 Å². The van der Waals surface area contributed by atoms with Crippen LogP contribution < -0.4 is 5.14 Å². The van der Waals surface area contributed by atoms with Crippen LogP contribution in [0.2, 0.25) is 0 Å². The zero-order valence-corrected chi connectivity index (χ0v) is 19.6. The Morgan fingerprint density at radius 1 is 0.914 bits per heavy atom. The maximum atomic E-state index is 13.7. The van der Waals surface area contributed by atoms with E-state index in [0.29, 0.717) is 16.8 Å². The molecule has 0 aliphatic heterocycles. The standard InChI is InChI=1S/C25H22F3N3O3S/c1-24(2,32)22-15-31(23(30-22)20-8-3-4-9-21(20)25(26,27)28)18-12-10-16(11-13-18)17-6-5-7-19(14-17)35(29,33)34/h3-15,32H,1-2H3,(H2,29,33,34). The predicted molar refractivity (Wildman–Crippen MR) is 126 cm³/mol. The van der Waals surface area contributed by atoms with E-state index in [1.54, 1.807) is 36.4 Å². The Labute approximate surface area is 200 Å². The highest BCUT2D eigenvalue weighted by molar-refractivity contribution is 7.89. The number of imidazole rings is 1. The second kappa shape index (κ2) is 8.63. The summed E-state index contributed by atoms with van der Waals surface area (Å²) in [4.78, 5) is 4.32. The highest BCUT2D eigenvalue weighted by atomic mass is 32.2. The highest BCUT2D eigenvalue weighted by Crippen LogP contribution is 2.38. The minimum absolute atomic E-state index is 0.0269. The second-order valence-electron chi connectivity index (χ2n) is 8.54. The summed E-state index contributed by atoms with van der Waals surface area (Å²) in [5.74, 6) is 0.0269. The molecule has 0 amide bonds. The van der Waals surface area contributed by atoms with E-state index in [-0.39, 0.29) is 22.0 Å². The van der Waals surface area contributed by atoms with Gasteiger partial charge in [-0.1, -0.05) is 42.5 Å². The molecule has 0 radical (unpaired) electrons. The molecule has 10 heteroatoms. The molecule has 35 heavy (non-hydrogen) atoms. The number of aromatic nitrogens is 2. The summed E-state index contributed by atoms with van der Waals surface area (Å²) in [7, 11) is -3.88. The number of hydrogen-bond acceptors (Lipinski definition) is 4. The van der Waals surface area contributed by atoms with Gasteiger partial charge in [0.1, 0.15) is 11.4 Å². The molecule has 0 aliphatic carbocycles. The Morgan fingerprint density at radius 2 is 1.57 bits per heavy atom. The zero-order chi connectivity index (χ0) is 25.6. The number of sulfonamides is 1. The molecule has 0 atom stereocenters. The Balaban J connectivity index is 1.84. The van der Waals surface area contributed by atoms with E-state index in [1.807, 2.05) is 0 Å². The summed E-state index contributed by atoms with van der Waals surface area (Å²) >= 11 is 0. The van der Waals surface area contributed by atoms with Crippen LogP contribution in [0.4, 0.5) is 13.2 Å². The summed E-state index contributed by atoms with van der Waals surface area (Å²) in [5.41, 5.74) is -0.360. The molecule has 0 fully saturated rings. The average molecular weight is 502 g/mol. The molecular formula is C25H22F3N3O3S. The summed E-state index contributed by atoms with van der Waals surface area (Å²) in [5, 5.41) is 15.7. The van der Waals surface area contributed by atoms with E-state index in [0.717, 1.165) is 6.07 Å². The van der Waals surface area contributed by atoms with Crippen molar-refractivity contribution in [3.05, 3.63) is 90.3 Å². The van der Waals surface area contributed by atoms with Gasteiger partial charge in [0.05, 0.1) is 16.2 Å². The molecule has 0 bridgehead atoms. The first-order valence-corrected chi connectivity index (χ1v) is 12.0. The minimum Gasteiger partial charge on any atom is -0.384 e. The number of rotatable bonds is 5. The van der Waals surface area contributed by atoms with E-state index >= 15 is 0 Å². The van der Waals surface area contributed by atoms with Crippen LogP contribution in [0.5, 0.6) is 0 Å². The lowest BCUT2D eigenvalue weighted by molar-refractivity contribution is -0.137. The number of hydrogen-bond donors (Lipinski definition) is 2. The van der Waals surface area contributed by atoms with E-state index in [2.05, 4.69) is 4.98 Å². The van der Waals surface area contributed by atoms with Gasteiger partial charge in [-0.3, -0.25) is 4.57 Å². The van der Waals surface area contributed by atoms with Gasteiger partial charge in [0.15, 0.2) is 0 Å². The fraction of sp³-hybridized carbons (Fsp3) is 0.160. The van der Waals surface area contributed by atoms with Gasteiger partial charge in [0.25, 0.3) is 0 Å². The normalized spacial score (nSPS) is 12.7. The van der Waals surface area contributed by atoms with Crippen LogP contribution in [0.1, 0.15) is 25.1 Å². The van der Waals surface area contributed by atoms with Crippen LogP contribution in [0, 0.1) is 0 Å². The van der Waals surface area contributed by atoms with Crippen molar-refractivity contribution >= 4 is 10.0 Å². The van der Waals surface area contributed by atoms with Crippen molar-refractivity contribution in [3.63, 3.8) is 0 Å². The van der Waals surface area contributed by atoms with Crippen molar-refractivity contribution in [3.8, 4) is 28.2 Å². The predicted octanol–water partition coefficient (Wildman–Crippen LogP) is 5.10. The lowest BCUT2D eigenvalue weighted by Gasteiger charge is -2.14. The van der Waals surface area contributed by atoms with Gasteiger partial charge in [0, 0.05) is 17.4 Å². The van der Waals surface area contributed by atoms with Crippen molar-refractivity contribution in [2.24, 2.45) is 5.14 Å². The number of nitrogens with two attached hydrogens (primary N) is 1. The first-order valence-electron chi connectivity index (χ1n) is 10.5. The van der Waals surface area contributed by atoms with Gasteiger partial charge in [-0.25, -0.2) is 18.5 Å². The third-order valence-electron chi connectivity index (χ3n) is 5.45. The topological polar surface area (TPSA) is 98.2 Å². The molecule has 3 aromatic carbocycles. The van der Waals surface area contributed by atoms with Crippen LogP contribution >= 0.6 is 0 Å². The van der Waals surface area contributed by atoms with Crippen LogP contribution in [0.3, 0.4) is 0 Å². The third kappa shape index (κ3) is 5.14. The van der Waals surface area contributed by atoms with Crippen molar-refractivity contribution in [2.45, 2.75) is 30.5 Å². The summed E-state index contributed by atoms with van der Waals surface area (Å²) in [6.45, 7) is 3.00. The van der Waals surface area contributed by atoms with Gasteiger partial charge in [-0.15, -0.1) is 0 Å². The van der Waals surface area contributed by atoms with Gasteiger partial charge in [0.2, 0.25) is 10.0 Å². The fourth-order valence-electron chi connectivity index (χ4n) is 3.65. The van der Waals surface area contributed by atoms with Crippen LogP contribution in [-0.2, 0) is 21.8 Å². The largest absolute Gasteiger partial charge is 0.417 e. The molecule has 6 nitrogen and oxygen atoms in total. The van der Waals surface area contributed by atoms with Crippen molar-refractivity contribution in [1.82, 2.24) is 9.55 Å². The Hall–Kier alpha value is -3.47. The number of benzene rings is 3. The quantitative estimate of drug-likeness (QED) is 0.398. The maximum Gasteiger partial charge on any atom is 0.417 e. The molecule has 0 saturated carbocycles. The minimum atomic E-state index is -4.60. The lowest BCUT2D eigenvalue weighted by Crippen LogP contribution is -2.15. The molecule has 0 spiro atoms. The van der Waals surface area contributed by atoms with Gasteiger partial charge in [-0.05, 0) is 55.3 Å². The highest BCUT2D eigenvalue weighted by Gasteiger charge is 2.35. The Morgan fingerprint density at radius 3 is 2.17 bits per heavy atom. The van der Waals surface area contributed by atoms with Crippen molar-refractivity contribution < 1.29 is 26.7 Å². The third-order valence-corrected chi connectivity index (χ3v) is 6.36. The molecular weight excluding hydrogens is 479 g/mol. The van der Waals surface area contributed by atoms with Gasteiger partial charge >= 0.3 is 6.18 Å². The van der Waals surface area contributed by atoms with E-state index in [1.165, 1.54) is 54.9 Å². The maximum absolute atomic E-state index is 13.7. The second-order valence-corrected chi connectivity index (χ2v) is 10.1. The number of aliphatic hydroxyl groups is 1. The molecule has 0 aliphatic rings. The smallest absolute Gasteiger partial charge is 0.384 e. The molecule has 3 N–H and O–H groups in total. The fourth-order valence-corrected chi connectivity index (χ4v) is 4.21. The van der Waals surface area contributed by atoms with Crippen molar-refractivity contribution in [2.75, 3.05) is 0 Å². The number of primary sulfonamides is 1. The number of halogens is 3. The van der Waals surface area contributed by atoms with E-state index in [9.17, 15) is 26.7 Å². The lowest BCUT2D eigenvalue weighted by atomic mass is 10.0. The zero-order valence-electron chi connectivity index (χ0n) is 18.8. The Bertz CT molecular complexity index is 1490. The Kier molecular flexibility index (Phi) is 6.08. The van der Waals surface area contributed by atoms with Crippen LogP contribution in [0.25, 0.3) is 28.2 Å². The molecule has 1 aromatic heterocycles. The summed E-state index contributed by atoms with van der Waals surface area (Å²) in [6.07, 6.45) is -3.10. The monoisotopic (exact) mass is 501 g/mol. The molecule has 4 rings (SSSR count). The van der Waals surface area contributed by atoms with Crippen molar-refractivity contribution in [1.29, 1.82) is 0 Å². The molecule has 0 saturated heterocycles. The average Bonchev–Trinajstić information content (AvgIpc) is 3.24. The molecule has 182 valence electrons. The van der Waals surface area contributed by atoms with E-state index < -0.39 is 27.4 Å². The van der Waals surface area contributed by atoms with E-state index in [4.69, 9.17) is 5.14 Å². The van der Waals surface area contributed by atoms with Gasteiger partial charge < -0.3 is 5.11 Å². The molecule has 1 heterocycles. The van der Waals surface area contributed by atoms with Gasteiger partial charge in [-0.2, -0.15) is 13.2 Å². The van der Waals surface area contributed by atoms with Crippen LogP contribution in [-0.4, -0.2) is 23.1 Å². The molecule has 0 unspecified atom stereocenters. The first kappa shape index (κ1) is 24.6. The summed E-state index contributed by atoms with van der Waals surface area (Å²) in [6, 6.07) is 18.0. The SMILES string of the molecule is CC(C)(O)c1cn(-c2ccc(-c3cccc(S(N)(=O)=O)c3)cc2)c(-c2ccccc2C(F)(F)F)n1. The number of nitrogens with zero attached hydrogens (tertiary/aromatic N) is 2. The number of alkyl halides is 3. The first-order chi connectivity index (χ1) is 16.2. The summed E-state index contributed by atoms with van der Waals surface area (Å²) < 4.78 is 66.0. The molecule has 4 aromatic rings.